The Hall–Kier alpha value is -3.76. The SMILES string of the molecule is CCCCNC(=O)[C@H](Cc1ccccc1)N(Cc1cccc(C)c1)C(=O)CN(c1ccccc1F)S(=O)(=O)N(C)C. The van der Waals surface area contributed by atoms with Gasteiger partial charge in [0.2, 0.25) is 11.8 Å². The Balaban J connectivity index is 2.08. The van der Waals surface area contributed by atoms with Crippen molar-refractivity contribution >= 4 is 27.7 Å². The fraction of sp³-hybridized carbons (Fsp3) is 0.355. The van der Waals surface area contributed by atoms with Crippen LogP contribution in [0.4, 0.5) is 10.1 Å². The number of benzene rings is 3. The summed E-state index contributed by atoms with van der Waals surface area (Å²) in [6, 6.07) is 21.4. The standard InChI is InChI=1S/C31H39FN4O4S/c1-5-6-19-33-31(38)29(21-25-14-8-7-9-15-25)35(22-26-16-12-13-24(2)20-26)30(37)23-36(41(39,40)34(3)4)28-18-11-10-17-27(28)32/h7-18,20,29H,5-6,19,21-23H2,1-4H3,(H,33,38)/t29-/m0/s1. The van der Waals surface area contributed by atoms with Gasteiger partial charge in [0.15, 0.2) is 0 Å². The first-order chi connectivity index (χ1) is 19.5. The van der Waals surface area contributed by atoms with Crippen molar-refractivity contribution < 1.29 is 22.4 Å². The maximum Gasteiger partial charge on any atom is 0.304 e. The zero-order valence-electron chi connectivity index (χ0n) is 24.1. The van der Waals surface area contributed by atoms with Crippen LogP contribution in [0.1, 0.15) is 36.5 Å². The fourth-order valence-corrected chi connectivity index (χ4v) is 5.49. The van der Waals surface area contributed by atoms with Crippen molar-refractivity contribution in [2.75, 3.05) is 31.5 Å². The molecule has 0 fully saturated rings. The molecule has 0 aromatic heterocycles. The highest BCUT2D eigenvalue weighted by molar-refractivity contribution is 7.90. The highest BCUT2D eigenvalue weighted by Crippen LogP contribution is 2.24. The molecular weight excluding hydrogens is 543 g/mol. The van der Waals surface area contributed by atoms with Crippen molar-refractivity contribution in [3.63, 3.8) is 0 Å². The number of rotatable bonds is 14. The number of hydrogen-bond donors (Lipinski definition) is 1. The molecule has 0 bridgehead atoms. The van der Waals surface area contributed by atoms with Crippen LogP contribution < -0.4 is 9.62 Å². The van der Waals surface area contributed by atoms with E-state index in [0.29, 0.717) is 6.54 Å². The second kappa shape index (κ2) is 14.7. The maximum atomic E-state index is 14.9. The summed E-state index contributed by atoms with van der Waals surface area (Å²) in [6.45, 7) is 3.76. The average molecular weight is 583 g/mol. The van der Waals surface area contributed by atoms with Gasteiger partial charge in [-0.25, -0.2) is 8.70 Å². The quantitative estimate of drug-likeness (QED) is 0.287. The lowest BCUT2D eigenvalue weighted by molar-refractivity contribution is -0.140. The van der Waals surface area contributed by atoms with E-state index < -0.39 is 34.5 Å². The lowest BCUT2D eigenvalue weighted by Gasteiger charge is -2.34. The summed E-state index contributed by atoms with van der Waals surface area (Å²) in [4.78, 5) is 29.2. The smallest absolute Gasteiger partial charge is 0.304 e. The van der Waals surface area contributed by atoms with Gasteiger partial charge in [-0.05, 0) is 36.6 Å². The first-order valence-corrected chi connectivity index (χ1v) is 15.1. The van der Waals surface area contributed by atoms with Crippen LogP contribution in [0.3, 0.4) is 0 Å². The predicted octanol–water partition coefficient (Wildman–Crippen LogP) is 4.30. The number of nitrogens with one attached hydrogen (secondary N) is 1. The van der Waals surface area contributed by atoms with Crippen molar-refractivity contribution in [1.29, 1.82) is 0 Å². The van der Waals surface area contributed by atoms with Crippen molar-refractivity contribution in [3.8, 4) is 0 Å². The van der Waals surface area contributed by atoms with Crippen LogP contribution in [0.2, 0.25) is 0 Å². The zero-order chi connectivity index (χ0) is 30.0. The molecule has 10 heteroatoms. The van der Waals surface area contributed by atoms with Crippen molar-refractivity contribution in [1.82, 2.24) is 14.5 Å². The number of unbranched alkanes of at least 4 members (excludes halogenated alkanes) is 1. The van der Waals surface area contributed by atoms with E-state index in [1.54, 1.807) is 0 Å². The number of amides is 2. The Bertz CT molecular complexity index is 1420. The predicted molar refractivity (Wildman–Crippen MR) is 160 cm³/mol. The van der Waals surface area contributed by atoms with Crippen molar-refractivity contribution in [2.45, 2.75) is 45.7 Å². The third-order valence-electron chi connectivity index (χ3n) is 6.68. The van der Waals surface area contributed by atoms with Gasteiger partial charge >= 0.3 is 10.2 Å². The molecule has 41 heavy (non-hydrogen) atoms. The van der Waals surface area contributed by atoms with Gasteiger partial charge in [-0.2, -0.15) is 12.7 Å². The van der Waals surface area contributed by atoms with Crippen LogP contribution >= 0.6 is 0 Å². The third kappa shape index (κ3) is 8.61. The van der Waals surface area contributed by atoms with Crippen LogP contribution in [0.5, 0.6) is 0 Å². The van der Waals surface area contributed by atoms with Gasteiger partial charge in [0.25, 0.3) is 0 Å². The van der Waals surface area contributed by atoms with E-state index in [1.807, 2.05) is 68.4 Å². The molecule has 0 saturated heterocycles. The van der Waals surface area contributed by atoms with Gasteiger partial charge in [0, 0.05) is 33.6 Å². The minimum absolute atomic E-state index is 0.0618. The van der Waals surface area contributed by atoms with Crippen LogP contribution in [0.15, 0.2) is 78.9 Å². The number of para-hydroxylation sites is 1. The number of carbonyl (C=O) groups excluding carboxylic acids is 2. The Labute approximate surface area is 243 Å². The second-order valence-electron chi connectivity index (χ2n) is 10.1. The Morgan fingerprint density at radius 3 is 2.22 bits per heavy atom. The molecule has 0 radical (unpaired) electrons. The van der Waals surface area contributed by atoms with Crippen molar-refractivity contribution in [2.24, 2.45) is 0 Å². The molecule has 0 unspecified atom stereocenters. The van der Waals surface area contributed by atoms with E-state index in [-0.39, 0.29) is 24.6 Å². The Morgan fingerprint density at radius 2 is 1.59 bits per heavy atom. The van der Waals surface area contributed by atoms with E-state index in [4.69, 9.17) is 0 Å². The molecule has 1 atom stereocenters. The molecule has 8 nitrogen and oxygen atoms in total. The average Bonchev–Trinajstić information content (AvgIpc) is 2.94. The number of halogens is 1. The topological polar surface area (TPSA) is 90.0 Å². The van der Waals surface area contributed by atoms with E-state index in [2.05, 4.69) is 5.32 Å². The summed E-state index contributed by atoms with van der Waals surface area (Å²) in [5.41, 5.74) is 2.35. The van der Waals surface area contributed by atoms with Crippen LogP contribution in [-0.4, -0.2) is 62.7 Å². The highest BCUT2D eigenvalue weighted by atomic mass is 32.2. The van der Waals surface area contributed by atoms with Gasteiger partial charge in [0.1, 0.15) is 18.4 Å². The molecule has 0 saturated carbocycles. The maximum absolute atomic E-state index is 14.9. The summed E-state index contributed by atoms with van der Waals surface area (Å²) in [5, 5.41) is 2.95. The fourth-order valence-electron chi connectivity index (χ4n) is 4.42. The van der Waals surface area contributed by atoms with Gasteiger partial charge in [-0.1, -0.05) is 85.6 Å². The minimum atomic E-state index is -4.27. The Kier molecular flexibility index (Phi) is 11.4. The molecule has 220 valence electrons. The molecule has 0 aliphatic rings. The minimum Gasteiger partial charge on any atom is -0.354 e. The third-order valence-corrected chi connectivity index (χ3v) is 8.48. The first kappa shape index (κ1) is 31.8. The monoisotopic (exact) mass is 582 g/mol. The van der Waals surface area contributed by atoms with Gasteiger partial charge in [0.05, 0.1) is 5.69 Å². The first-order valence-electron chi connectivity index (χ1n) is 13.7. The largest absolute Gasteiger partial charge is 0.354 e. The van der Waals surface area contributed by atoms with Crippen LogP contribution in [0.25, 0.3) is 0 Å². The van der Waals surface area contributed by atoms with E-state index in [0.717, 1.165) is 44.2 Å². The highest BCUT2D eigenvalue weighted by Gasteiger charge is 2.35. The van der Waals surface area contributed by atoms with Gasteiger partial charge < -0.3 is 10.2 Å². The number of nitrogens with zero attached hydrogens (tertiary/aromatic N) is 3. The second-order valence-corrected chi connectivity index (χ2v) is 12.2. The van der Waals surface area contributed by atoms with E-state index in [1.165, 1.54) is 37.2 Å². The molecule has 0 spiro atoms. The lowest BCUT2D eigenvalue weighted by Crippen LogP contribution is -2.54. The summed E-state index contributed by atoms with van der Waals surface area (Å²) >= 11 is 0. The summed E-state index contributed by atoms with van der Waals surface area (Å²) in [6.07, 6.45) is 1.88. The molecule has 1 N–H and O–H groups in total. The molecular formula is C31H39FN4O4S. The molecule has 3 aromatic rings. The number of anilines is 1. The molecule has 0 aliphatic carbocycles. The summed E-state index contributed by atoms with van der Waals surface area (Å²) < 4.78 is 43.3. The summed E-state index contributed by atoms with van der Waals surface area (Å²) in [7, 11) is -1.63. The molecule has 2 amide bonds. The zero-order valence-corrected chi connectivity index (χ0v) is 24.9. The van der Waals surface area contributed by atoms with E-state index in [9.17, 15) is 22.4 Å². The number of aryl methyl sites for hydroxylation is 1. The molecule has 0 heterocycles. The summed E-state index contributed by atoms with van der Waals surface area (Å²) in [5.74, 6) is -1.75. The van der Waals surface area contributed by atoms with Crippen LogP contribution in [0, 0.1) is 12.7 Å². The van der Waals surface area contributed by atoms with Gasteiger partial charge in [-0.15, -0.1) is 0 Å². The normalized spacial score (nSPS) is 12.1. The van der Waals surface area contributed by atoms with E-state index >= 15 is 0 Å². The lowest BCUT2D eigenvalue weighted by atomic mass is 10.0. The van der Waals surface area contributed by atoms with Crippen molar-refractivity contribution in [3.05, 3.63) is 101 Å². The number of hydrogen-bond acceptors (Lipinski definition) is 4. The van der Waals surface area contributed by atoms with Crippen LogP contribution in [-0.2, 0) is 32.8 Å². The molecule has 3 aromatic carbocycles. The molecule has 0 aliphatic heterocycles. The van der Waals surface area contributed by atoms with Gasteiger partial charge in [-0.3, -0.25) is 9.59 Å². The number of carbonyl (C=O) groups is 2. The molecule has 3 rings (SSSR count). The Morgan fingerprint density at radius 1 is 0.927 bits per heavy atom.